The molecule has 0 atom stereocenters. The predicted molar refractivity (Wildman–Crippen MR) is 132 cm³/mol. The Balaban J connectivity index is 1.52. The maximum atomic E-state index is 12.5. The summed E-state index contributed by atoms with van der Waals surface area (Å²) < 4.78 is 15.8. The van der Waals surface area contributed by atoms with E-state index >= 15 is 0 Å². The molecule has 3 aromatic rings. The van der Waals surface area contributed by atoms with Gasteiger partial charge in [-0.15, -0.1) is 0 Å². The first-order chi connectivity index (χ1) is 16.4. The van der Waals surface area contributed by atoms with Crippen molar-refractivity contribution in [3.8, 4) is 17.2 Å². The van der Waals surface area contributed by atoms with E-state index in [2.05, 4.69) is 10.6 Å². The number of rotatable bonds is 10. The Labute approximate surface area is 199 Å². The summed E-state index contributed by atoms with van der Waals surface area (Å²) in [4.78, 5) is 26.8. The van der Waals surface area contributed by atoms with Gasteiger partial charge >= 0.3 is 0 Å². The molecule has 0 saturated carbocycles. The van der Waals surface area contributed by atoms with Crippen LogP contribution in [-0.4, -0.2) is 51.6 Å². The Bertz CT molecular complexity index is 1110. The van der Waals surface area contributed by atoms with E-state index in [0.29, 0.717) is 40.7 Å². The van der Waals surface area contributed by atoms with Crippen LogP contribution in [0.25, 0.3) is 0 Å². The van der Waals surface area contributed by atoms with Crippen LogP contribution >= 0.6 is 0 Å². The van der Waals surface area contributed by atoms with Gasteiger partial charge in [-0.3, -0.25) is 14.5 Å². The lowest BCUT2D eigenvalue weighted by Crippen LogP contribution is -2.30. The van der Waals surface area contributed by atoms with Gasteiger partial charge in [0.2, 0.25) is 5.91 Å². The predicted octanol–water partition coefficient (Wildman–Crippen LogP) is 4.04. The molecule has 0 fully saturated rings. The number of nitrogens with zero attached hydrogens (tertiary/aromatic N) is 1. The molecule has 34 heavy (non-hydrogen) atoms. The summed E-state index contributed by atoms with van der Waals surface area (Å²) >= 11 is 0. The lowest BCUT2D eigenvalue weighted by atomic mass is 10.1. The Kier molecular flexibility index (Phi) is 8.48. The van der Waals surface area contributed by atoms with Gasteiger partial charge in [-0.05, 0) is 61.6 Å². The van der Waals surface area contributed by atoms with Gasteiger partial charge in [0.05, 0.1) is 27.9 Å². The summed E-state index contributed by atoms with van der Waals surface area (Å²) in [7, 11) is 6.65. The van der Waals surface area contributed by atoms with Crippen molar-refractivity contribution in [2.75, 3.05) is 45.6 Å². The first kappa shape index (κ1) is 24.6. The van der Waals surface area contributed by atoms with E-state index in [4.69, 9.17) is 14.2 Å². The summed E-state index contributed by atoms with van der Waals surface area (Å²) in [6.07, 6.45) is 0. The fraction of sp³-hybridized carbons (Fsp3) is 0.231. The lowest BCUT2D eigenvalue weighted by Gasteiger charge is -2.18. The van der Waals surface area contributed by atoms with E-state index in [0.717, 1.165) is 5.56 Å². The molecule has 0 bridgehead atoms. The second-order valence-electron chi connectivity index (χ2n) is 7.66. The highest BCUT2D eigenvalue weighted by Gasteiger charge is 2.12. The van der Waals surface area contributed by atoms with E-state index < -0.39 is 0 Å². The lowest BCUT2D eigenvalue weighted by molar-refractivity contribution is -0.117. The molecule has 0 aliphatic heterocycles. The zero-order valence-electron chi connectivity index (χ0n) is 19.8. The van der Waals surface area contributed by atoms with Gasteiger partial charge in [0.25, 0.3) is 5.91 Å². The number of likely N-dealkylation sites (N-methyl/N-ethyl adjacent to an activating group) is 1. The standard InChI is InChI=1S/C26H29N3O5/c1-29(16-19-7-12-23(33-3)15-24(19)34-4)17-25(30)27-20-8-5-18(6-9-20)26(31)28-21-10-13-22(32-2)14-11-21/h5-15H,16-17H2,1-4H3,(H,27,30)(H,28,31). The average molecular weight is 464 g/mol. The molecule has 3 aromatic carbocycles. The highest BCUT2D eigenvalue weighted by atomic mass is 16.5. The largest absolute Gasteiger partial charge is 0.497 e. The number of hydrogen-bond acceptors (Lipinski definition) is 6. The quantitative estimate of drug-likeness (QED) is 0.472. The topological polar surface area (TPSA) is 89.1 Å². The molecule has 8 nitrogen and oxygen atoms in total. The van der Waals surface area contributed by atoms with Crippen molar-refractivity contribution in [3.05, 3.63) is 77.9 Å². The fourth-order valence-electron chi connectivity index (χ4n) is 3.36. The van der Waals surface area contributed by atoms with Gasteiger partial charge in [-0.25, -0.2) is 0 Å². The minimum Gasteiger partial charge on any atom is -0.497 e. The number of ether oxygens (including phenoxy) is 3. The van der Waals surface area contributed by atoms with Crippen LogP contribution in [0.15, 0.2) is 66.7 Å². The number of anilines is 2. The van der Waals surface area contributed by atoms with E-state index in [-0.39, 0.29) is 18.4 Å². The van der Waals surface area contributed by atoms with Gasteiger partial charge in [0.15, 0.2) is 0 Å². The molecule has 2 amide bonds. The molecule has 8 heteroatoms. The number of hydrogen-bond donors (Lipinski definition) is 2. The number of carbonyl (C=O) groups is 2. The molecule has 0 saturated heterocycles. The Morgan fingerprint density at radius 2 is 1.35 bits per heavy atom. The van der Waals surface area contributed by atoms with E-state index in [1.807, 2.05) is 30.1 Å². The summed E-state index contributed by atoms with van der Waals surface area (Å²) in [5.74, 6) is 1.73. The number of benzene rings is 3. The first-order valence-electron chi connectivity index (χ1n) is 10.7. The second kappa shape index (κ2) is 11.7. The molecular formula is C26H29N3O5. The summed E-state index contributed by atoms with van der Waals surface area (Å²) in [5, 5.41) is 5.69. The van der Waals surface area contributed by atoms with Crippen molar-refractivity contribution < 1.29 is 23.8 Å². The molecule has 0 aliphatic rings. The van der Waals surface area contributed by atoms with Crippen LogP contribution in [0.5, 0.6) is 17.2 Å². The monoisotopic (exact) mass is 463 g/mol. The van der Waals surface area contributed by atoms with Gasteiger partial charge in [0, 0.05) is 35.1 Å². The molecule has 0 heterocycles. The Hall–Kier alpha value is -4.04. The van der Waals surface area contributed by atoms with Crippen molar-refractivity contribution in [1.29, 1.82) is 0 Å². The minimum absolute atomic E-state index is 0.162. The Morgan fingerprint density at radius 1 is 0.765 bits per heavy atom. The third-order valence-corrected chi connectivity index (χ3v) is 5.13. The summed E-state index contributed by atoms with van der Waals surface area (Å²) in [6, 6.07) is 19.4. The summed E-state index contributed by atoms with van der Waals surface area (Å²) in [6.45, 7) is 0.722. The van der Waals surface area contributed by atoms with Crippen LogP contribution in [-0.2, 0) is 11.3 Å². The average Bonchev–Trinajstić information content (AvgIpc) is 2.85. The van der Waals surface area contributed by atoms with Gasteiger partial charge < -0.3 is 24.8 Å². The molecule has 0 aliphatic carbocycles. The van der Waals surface area contributed by atoms with Crippen molar-refractivity contribution in [3.63, 3.8) is 0 Å². The third kappa shape index (κ3) is 6.73. The molecule has 3 rings (SSSR count). The number of nitrogens with one attached hydrogen (secondary N) is 2. The van der Waals surface area contributed by atoms with Crippen LogP contribution in [0.2, 0.25) is 0 Å². The Morgan fingerprint density at radius 3 is 1.97 bits per heavy atom. The number of amides is 2. The third-order valence-electron chi connectivity index (χ3n) is 5.13. The zero-order chi connectivity index (χ0) is 24.5. The molecule has 178 valence electrons. The smallest absolute Gasteiger partial charge is 0.255 e. The number of methoxy groups -OCH3 is 3. The van der Waals surface area contributed by atoms with Gasteiger partial charge in [-0.2, -0.15) is 0 Å². The van der Waals surface area contributed by atoms with E-state index in [1.165, 1.54) is 0 Å². The van der Waals surface area contributed by atoms with Crippen LogP contribution in [0.3, 0.4) is 0 Å². The maximum Gasteiger partial charge on any atom is 0.255 e. The van der Waals surface area contributed by atoms with Gasteiger partial charge in [0.1, 0.15) is 17.2 Å². The maximum absolute atomic E-state index is 12.5. The molecule has 0 spiro atoms. The van der Waals surface area contributed by atoms with Crippen LogP contribution < -0.4 is 24.8 Å². The minimum atomic E-state index is -0.240. The zero-order valence-corrected chi connectivity index (χ0v) is 19.8. The summed E-state index contributed by atoms with van der Waals surface area (Å²) in [5.41, 5.74) is 2.71. The first-order valence-corrected chi connectivity index (χ1v) is 10.7. The SMILES string of the molecule is COc1ccc(NC(=O)c2ccc(NC(=O)CN(C)Cc3ccc(OC)cc3OC)cc2)cc1. The van der Waals surface area contributed by atoms with Crippen molar-refractivity contribution in [2.45, 2.75) is 6.54 Å². The highest BCUT2D eigenvalue weighted by Crippen LogP contribution is 2.25. The highest BCUT2D eigenvalue weighted by molar-refractivity contribution is 6.04. The van der Waals surface area contributed by atoms with Crippen LogP contribution in [0.4, 0.5) is 11.4 Å². The molecule has 0 unspecified atom stereocenters. The fourth-order valence-corrected chi connectivity index (χ4v) is 3.36. The van der Waals surface area contributed by atoms with Crippen LogP contribution in [0.1, 0.15) is 15.9 Å². The molecule has 0 aromatic heterocycles. The van der Waals surface area contributed by atoms with E-state index in [9.17, 15) is 9.59 Å². The molecular weight excluding hydrogens is 434 g/mol. The molecule has 2 N–H and O–H groups in total. The van der Waals surface area contributed by atoms with Crippen molar-refractivity contribution in [1.82, 2.24) is 4.90 Å². The molecule has 0 radical (unpaired) electrons. The van der Waals surface area contributed by atoms with Crippen molar-refractivity contribution >= 4 is 23.2 Å². The van der Waals surface area contributed by atoms with E-state index in [1.54, 1.807) is 69.9 Å². The van der Waals surface area contributed by atoms with Crippen LogP contribution in [0, 0.1) is 0 Å². The van der Waals surface area contributed by atoms with Gasteiger partial charge in [-0.1, -0.05) is 6.07 Å². The number of carbonyl (C=O) groups excluding carboxylic acids is 2. The van der Waals surface area contributed by atoms with Crippen molar-refractivity contribution in [2.24, 2.45) is 0 Å². The normalized spacial score (nSPS) is 10.5. The second-order valence-corrected chi connectivity index (χ2v) is 7.66.